The molecule has 2 nitrogen and oxygen atoms in total. The highest BCUT2D eigenvalue weighted by molar-refractivity contribution is 6.65. The van der Waals surface area contributed by atoms with Gasteiger partial charge in [0.2, 0.25) is 0 Å². The van der Waals surface area contributed by atoms with Gasteiger partial charge in [-0.3, -0.25) is 0 Å². The minimum absolute atomic E-state index is 1.00. The molecule has 0 aliphatic heterocycles. The predicted molar refractivity (Wildman–Crippen MR) is 71.8 cm³/mol. The first kappa shape index (κ1) is 15.1. The summed E-state index contributed by atoms with van der Waals surface area (Å²) in [6, 6.07) is 11.4. The molecule has 0 amide bonds. The lowest BCUT2D eigenvalue weighted by Gasteiger charge is -2.22. The summed E-state index contributed by atoms with van der Waals surface area (Å²) in [6.07, 6.45) is 1.03. The van der Waals surface area contributed by atoms with Gasteiger partial charge < -0.3 is 8.85 Å². The van der Waals surface area contributed by atoms with Crippen molar-refractivity contribution in [2.75, 3.05) is 14.2 Å². The van der Waals surface area contributed by atoms with Gasteiger partial charge in [-0.05, 0) is 24.6 Å². The number of benzene rings is 1. The zero-order valence-electron chi connectivity index (χ0n) is 10.5. The van der Waals surface area contributed by atoms with Crippen molar-refractivity contribution in [1.29, 1.82) is 0 Å². The largest absolute Gasteiger partial charge is 0.398 e. The molecular formula is C13H22O2Si. The Bertz CT molecular complexity index is 271. The molecule has 0 fully saturated rings. The standard InChI is InChI=1S/C11H18O2Si.C2H4/c1-12-14(3,13-2)10-9-11-7-5-4-6-8-11;1-2/h4-8H,9-10H2,1-3H3;1-2H2. The van der Waals surface area contributed by atoms with Gasteiger partial charge in [0.1, 0.15) is 0 Å². The van der Waals surface area contributed by atoms with Crippen molar-refractivity contribution in [2.24, 2.45) is 0 Å². The van der Waals surface area contributed by atoms with Crippen LogP contribution in [0, 0.1) is 0 Å². The molecule has 0 aromatic heterocycles. The maximum absolute atomic E-state index is 5.43. The number of hydrogen-bond acceptors (Lipinski definition) is 2. The first-order valence-corrected chi connectivity index (χ1v) is 7.87. The summed E-state index contributed by atoms with van der Waals surface area (Å²) >= 11 is 0. The quantitative estimate of drug-likeness (QED) is 0.578. The topological polar surface area (TPSA) is 18.5 Å². The van der Waals surface area contributed by atoms with Crippen LogP contribution in [0.5, 0.6) is 0 Å². The molecule has 1 aromatic carbocycles. The Balaban J connectivity index is 0.00000106. The van der Waals surface area contributed by atoms with Gasteiger partial charge in [-0.15, -0.1) is 13.2 Å². The molecule has 1 rings (SSSR count). The average Bonchev–Trinajstić information content (AvgIpc) is 2.39. The Labute approximate surface area is 100 Å². The Morgan fingerprint density at radius 3 is 2.00 bits per heavy atom. The van der Waals surface area contributed by atoms with Crippen molar-refractivity contribution < 1.29 is 8.85 Å². The van der Waals surface area contributed by atoms with Crippen molar-refractivity contribution in [3.8, 4) is 0 Å². The van der Waals surface area contributed by atoms with Crippen LogP contribution in [0.15, 0.2) is 43.5 Å². The summed E-state index contributed by atoms with van der Waals surface area (Å²) < 4.78 is 10.9. The molecule has 16 heavy (non-hydrogen) atoms. The molecule has 0 N–H and O–H groups in total. The lowest BCUT2D eigenvalue weighted by molar-refractivity contribution is 0.249. The fourth-order valence-corrected chi connectivity index (χ4v) is 2.62. The van der Waals surface area contributed by atoms with Gasteiger partial charge in [-0.25, -0.2) is 0 Å². The maximum atomic E-state index is 5.43. The van der Waals surface area contributed by atoms with Crippen LogP contribution in [0.4, 0.5) is 0 Å². The zero-order valence-corrected chi connectivity index (χ0v) is 11.5. The maximum Gasteiger partial charge on any atom is 0.334 e. The van der Waals surface area contributed by atoms with Gasteiger partial charge in [0, 0.05) is 14.2 Å². The normalized spacial score (nSPS) is 10.4. The summed E-state index contributed by atoms with van der Waals surface area (Å²) in [7, 11) is 1.59. The Kier molecular flexibility index (Phi) is 7.81. The molecule has 0 atom stereocenters. The molecule has 0 aliphatic rings. The molecule has 0 spiro atoms. The van der Waals surface area contributed by atoms with E-state index in [9.17, 15) is 0 Å². The van der Waals surface area contributed by atoms with Crippen molar-refractivity contribution in [2.45, 2.75) is 19.0 Å². The smallest absolute Gasteiger partial charge is 0.334 e. The molecule has 0 saturated heterocycles. The van der Waals surface area contributed by atoms with Gasteiger partial charge >= 0.3 is 8.56 Å². The second-order valence-corrected chi connectivity index (χ2v) is 7.11. The molecule has 0 saturated carbocycles. The van der Waals surface area contributed by atoms with E-state index in [-0.39, 0.29) is 0 Å². The van der Waals surface area contributed by atoms with E-state index in [0.29, 0.717) is 0 Å². The second-order valence-electron chi connectivity index (χ2n) is 3.53. The molecular weight excluding hydrogens is 216 g/mol. The first-order chi connectivity index (χ1) is 7.70. The van der Waals surface area contributed by atoms with E-state index in [4.69, 9.17) is 8.85 Å². The van der Waals surface area contributed by atoms with Gasteiger partial charge in [0.25, 0.3) is 0 Å². The third-order valence-corrected chi connectivity index (χ3v) is 5.46. The van der Waals surface area contributed by atoms with Crippen molar-refractivity contribution >= 4 is 8.56 Å². The summed E-state index contributed by atoms with van der Waals surface area (Å²) in [5.41, 5.74) is 1.35. The Morgan fingerprint density at radius 1 is 1.06 bits per heavy atom. The monoisotopic (exact) mass is 238 g/mol. The predicted octanol–water partition coefficient (Wildman–Crippen LogP) is 3.40. The summed E-state index contributed by atoms with van der Waals surface area (Å²) in [5, 5.41) is 0. The van der Waals surface area contributed by atoms with Gasteiger partial charge in [-0.2, -0.15) is 0 Å². The van der Waals surface area contributed by atoms with E-state index in [1.165, 1.54) is 5.56 Å². The van der Waals surface area contributed by atoms with Crippen LogP contribution in [0.2, 0.25) is 12.6 Å². The minimum atomic E-state index is -1.88. The van der Waals surface area contributed by atoms with Crippen LogP contribution >= 0.6 is 0 Å². The van der Waals surface area contributed by atoms with Gasteiger partial charge in [-0.1, -0.05) is 30.3 Å². The van der Waals surface area contributed by atoms with Crippen LogP contribution in [0.1, 0.15) is 5.56 Å². The molecule has 0 radical (unpaired) electrons. The van der Waals surface area contributed by atoms with Crippen LogP contribution in [-0.4, -0.2) is 22.8 Å². The summed E-state index contributed by atoms with van der Waals surface area (Å²) in [6.45, 7) is 8.09. The Morgan fingerprint density at radius 2 is 1.56 bits per heavy atom. The fourth-order valence-electron chi connectivity index (χ4n) is 1.30. The fraction of sp³-hybridized carbons (Fsp3) is 0.385. The highest BCUT2D eigenvalue weighted by Crippen LogP contribution is 2.15. The van der Waals surface area contributed by atoms with Gasteiger partial charge in [0.15, 0.2) is 0 Å². The highest BCUT2D eigenvalue weighted by atomic mass is 28.4. The van der Waals surface area contributed by atoms with Crippen molar-refractivity contribution in [1.82, 2.24) is 0 Å². The molecule has 0 aliphatic carbocycles. The molecule has 90 valence electrons. The molecule has 1 aromatic rings. The number of rotatable bonds is 5. The molecule has 0 bridgehead atoms. The Hall–Kier alpha value is -0.903. The van der Waals surface area contributed by atoms with Crippen LogP contribution in [0.3, 0.4) is 0 Å². The SMILES string of the molecule is C=C.CO[Si](C)(CCc1ccccc1)OC. The summed E-state index contributed by atoms with van der Waals surface area (Å²) in [5.74, 6) is 0. The van der Waals surface area contributed by atoms with Crippen LogP contribution in [0.25, 0.3) is 0 Å². The van der Waals surface area contributed by atoms with Crippen LogP contribution < -0.4 is 0 Å². The van der Waals surface area contributed by atoms with E-state index < -0.39 is 8.56 Å². The van der Waals surface area contributed by atoms with E-state index in [1.807, 2.05) is 6.07 Å². The molecule has 0 heterocycles. The molecule has 0 unspecified atom stereocenters. The first-order valence-electron chi connectivity index (χ1n) is 5.34. The van der Waals surface area contributed by atoms with E-state index >= 15 is 0 Å². The van der Waals surface area contributed by atoms with Crippen LogP contribution in [-0.2, 0) is 15.3 Å². The average molecular weight is 238 g/mol. The van der Waals surface area contributed by atoms with E-state index in [1.54, 1.807) is 14.2 Å². The third-order valence-electron chi connectivity index (χ3n) is 2.57. The summed E-state index contributed by atoms with van der Waals surface area (Å²) in [4.78, 5) is 0. The lowest BCUT2D eigenvalue weighted by atomic mass is 10.2. The van der Waals surface area contributed by atoms with E-state index in [0.717, 1.165) is 12.5 Å². The highest BCUT2D eigenvalue weighted by Gasteiger charge is 2.27. The molecule has 3 heteroatoms. The second kappa shape index (κ2) is 8.27. The van der Waals surface area contributed by atoms with Crippen molar-refractivity contribution in [3.05, 3.63) is 49.1 Å². The number of aryl methyl sites for hydroxylation is 1. The van der Waals surface area contributed by atoms with Gasteiger partial charge in [0.05, 0.1) is 0 Å². The zero-order chi connectivity index (χ0) is 12.4. The number of hydrogen-bond donors (Lipinski definition) is 0. The lowest BCUT2D eigenvalue weighted by Crippen LogP contribution is -2.36. The van der Waals surface area contributed by atoms with Crippen molar-refractivity contribution in [3.63, 3.8) is 0 Å². The van der Waals surface area contributed by atoms with E-state index in [2.05, 4.69) is 44.0 Å². The third kappa shape index (κ3) is 5.26. The minimum Gasteiger partial charge on any atom is -0.398 e.